The van der Waals surface area contributed by atoms with E-state index in [1.165, 1.54) is 16.9 Å². The summed E-state index contributed by atoms with van der Waals surface area (Å²) in [6.45, 7) is 1.76. The summed E-state index contributed by atoms with van der Waals surface area (Å²) in [6.07, 6.45) is 2.60. The molecular weight excluding hydrogens is 360 g/mol. The molecule has 0 spiro atoms. The third-order valence-corrected chi connectivity index (χ3v) is 4.83. The summed E-state index contributed by atoms with van der Waals surface area (Å²) in [4.78, 5) is 22.0. The van der Waals surface area contributed by atoms with Crippen LogP contribution in [0, 0.1) is 6.92 Å². The van der Waals surface area contributed by atoms with Gasteiger partial charge in [-0.15, -0.1) is 11.3 Å². The molecule has 4 aromatic rings. The molecular formula is C20H16N4O2S. The molecule has 0 bridgehead atoms. The highest BCUT2D eigenvalue weighted by molar-refractivity contribution is 7.15. The van der Waals surface area contributed by atoms with E-state index in [1.807, 2.05) is 18.2 Å². The molecule has 0 radical (unpaired) electrons. The summed E-state index contributed by atoms with van der Waals surface area (Å²) in [5.41, 5.74) is 2.52. The first kappa shape index (κ1) is 17.1. The molecule has 1 N–H and O–H groups in total. The normalized spacial score (nSPS) is 10.7. The second kappa shape index (κ2) is 7.51. The summed E-state index contributed by atoms with van der Waals surface area (Å²) in [5.74, 6) is 0.802. The van der Waals surface area contributed by atoms with E-state index in [0.717, 1.165) is 16.9 Å². The minimum Gasteiger partial charge on any atom is -0.334 e. The molecule has 2 aromatic carbocycles. The number of benzene rings is 2. The minimum atomic E-state index is -0.205. The number of anilines is 1. The number of nitrogens with one attached hydrogen (secondary N) is 1. The van der Waals surface area contributed by atoms with Crippen molar-refractivity contribution in [1.82, 2.24) is 15.1 Å². The average Bonchev–Trinajstić information content (AvgIpc) is 3.31. The maximum atomic E-state index is 12.4. The van der Waals surface area contributed by atoms with Crippen LogP contribution in [0.4, 0.5) is 5.13 Å². The molecule has 2 heterocycles. The van der Waals surface area contributed by atoms with Gasteiger partial charge in [0.05, 0.1) is 0 Å². The van der Waals surface area contributed by atoms with Gasteiger partial charge in [0, 0.05) is 28.6 Å². The van der Waals surface area contributed by atoms with Crippen molar-refractivity contribution in [2.45, 2.75) is 13.3 Å². The number of rotatable bonds is 5. The van der Waals surface area contributed by atoms with Gasteiger partial charge in [-0.2, -0.15) is 4.98 Å². The van der Waals surface area contributed by atoms with Crippen molar-refractivity contribution in [3.05, 3.63) is 82.6 Å². The fourth-order valence-electron chi connectivity index (χ4n) is 2.59. The molecule has 0 aliphatic rings. The van der Waals surface area contributed by atoms with E-state index in [4.69, 9.17) is 4.52 Å². The molecule has 27 heavy (non-hydrogen) atoms. The van der Waals surface area contributed by atoms with Crippen LogP contribution in [-0.4, -0.2) is 21.0 Å². The van der Waals surface area contributed by atoms with E-state index in [0.29, 0.717) is 22.4 Å². The molecule has 7 heteroatoms. The Morgan fingerprint density at radius 1 is 1.11 bits per heavy atom. The highest BCUT2D eigenvalue weighted by atomic mass is 32.1. The van der Waals surface area contributed by atoms with Crippen LogP contribution in [-0.2, 0) is 6.42 Å². The van der Waals surface area contributed by atoms with Crippen molar-refractivity contribution in [3.8, 4) is 11.5 Å². The summed E-state index contributed by atoms with van der Waals surface area (Å²) >= 11 is 1.48. The maximum Gasteiger partial charge on any atom is 0.257 e. The quantitative estimate of drug-likeness (QED) is 0.560. The standard InChI is InChI=1S/C20H16N4O2S/c1-13-22-19(26-24-13)16-9-7-15(8-10-16)18(25)23-20-21-12-17(27-20)11-14-5-3-2-4-6-14/h2-10,12H,11H2,1H3,(H,21,23,25). The second-order valence-electron chi connectivity index (χ2n) is 5.97. The lowest BCUT2D eigenvalue weighted by Crippen LogP contribution is -2.11. The van der Waals surface area contributed by atoms with E-state index < -0.39 is 0 Å². The van der Waals surface area contributed by atoms with Crippen LogP contribution in [0.1, 0.15) is 26.6 Å². The predicted molar refractivity (Wildman–Crippen MR) is 104 cm³/mol. The molecule has 0 saturated carbocycles. The third kappa shape index (κ3) is 4.09. The van der Waals surface area contributed by atoms with Crippen LogP contribution in [0.5, 0.6) is 0 Å². The van der Waals surface area contributed by atoms with Gasteiger partial charge in [0.15, 0.2) is 11.0 Å². The Bertz CT molecular complexity index is 1060. The smallest absolute Gasteiger partial charge is 0.257 e. The lowest BCUT2D eigenvalue weighted by Gasteiger charge is -2.02. The number of nitrogens with zero attached hydrogens (tertiary/aromatic N) is 3. The number of hydrogen-bond acceptors (Lipinski definition) is 6. The highest BCUT2D eigenvalue weighted by Gasteiger charge is 2.11. The molecule has 2 aromatic heterocycles. The van der Waals surface area contributed by atoms with Crippen LogP contribution in [0.3, 0.4) is 0 Å². The summed E-state index contributed by atoms with van der Waals surface area (Å²) in [7, 11) is 0. The number of aromatic nitrogens is 3. The van der Waals surface area contributed by atoms with Crippen molar-refractivity contribution >= 4 is 22.4 Å². The Morgan fingerprint density at radius 2 is 1.89 bits per heavy atom. The van der Waals surface area contributed by atoms with Crippen LogP contribution in [0.25, 0.3) is 11.5 Å². The van der Waals surface area contributed by atoms with Crippen molar-refractivity contribution in [1.29, 1.82) is 0 Å². The molecule has 0 saturated heterocycles. The number of thiazole rings is 1. The second-order valence-corrected chi connectivity index (χ2v) is 7.09. The van der Waals surface area contributed by atoms with Gasteiger partial charge in [-0.3, -0.25) is 10.1 Å². The minimum absolute atomic E-state index is 0.205. The molecule has 0 fully saturated rings. The zero-order chi connectivity index (χ0) is 18.6. The molecule has 0 aliphatic heterocycles. The van der Waals surface area contributed by atoms with Crippen LogP contribution < -0.4 is 5.32 Å². The van der Waals surface area contributed by atoms with Gasteiger partial charge in [-0.1, -0.05) is 35.5 Å². The molecule has 0 aliphatic carbocycles. The fourth-order valence-corrected chi connectivity index (χ4v) is 3.43. The highest BCUT2D eigenvalue weighted by Crippen LogP contribution is 2.22. The lowest BCUT2D eigenvalue weighted by atomic mass is 10.1. The van der Waals surface area contributed by atoms with E-state index in [2.05, 4.69) is 32.6 Å². The van der Waals surface area contributed by atoms with Crippen LogP contribution >= 0.6 is 11.3 Å². The first-order chi connectivity index (χ1) is 13.2. The number of carbonyl (C=O) groups excluding carboxylic acids is 1. The van der Waals surface area contributed by atoms with Gasteiger partial charge >= 0.3 is 0 Å². The largest absolute Gasteiger partial charge is 0.334 e. The Kier molecular flexibility index (Phi) is 4.76. The van der Waals surface area contributed by atoms with E-state index >= 15 is 0 Å². The monoisotopic (exact) mass is 376 g/mol. The number of carbonyl (C=O) groups is 1. The Labute approximate surface area is 159 Å². The molecule has 1 amide bonds. The zero-order valence-corrected chi connectivity index (χ0v) is 15.4. The van der Waals surface area contributed by atoms with E-state index in [-0.39, 0.29) is 5.91 Å². The van der Waals surface area contributed by atoms with Crippen molar-refractivity contribution in [2.24, 2.45) is 0 Å². The first-order valence-corrected chi connectivity index (χ1v) is 9.20. The molecule has 0 unspecified atom stereocenters. The Hall–Kier alpha value is -3.32. The zero-order valence-electron chi connectivity index (χ0n) is 14.5. The SMILES string of the molecule is Cc1noc(-c2ccc(C(=O)Nc3ncc(Cc4ccccc4)s3)cc2)n1. The maximum absolute atomic E-state index is 12.4. The van der Waals surface area contributed by atoms with Gasteiger partial charge in [0.2, 0.25) is 0 Å². The summed E-state index contributed by atoms with van der Waals surface area (Å²) in [5, 5.41) is 7.20. The summed E-state index contributed by atoms with van der Waals surface area (Å²) < 4.78 is 5.13. The van der Waals surface area contributed by atoms with Gasteiger partial charge in [-0.25, -0.2) is 4.98 Å². The van der Waals surface area contributed by atoms with E-state index in [1.54, 1.807) is 37.4 Å². The lowest BCUT2D eigenvalue weighted by molar-refractivity contribution is 0.102. The average molecular weight is 376 g/mol. The van der Waals surface area contributed by atoms with Crippen molar-refractivity contribution in [3.63, 3.8) is 0 Å². The fraction of sp³-hybridized carbons (Fsp3) is 0.100. The van der Waals surface area contributed by atoms with E-state index in [9.17, 15) is 4.79 Å². The Morgan fingerprint density at radius 3 is 2.59 bits per heavy atom. The van der Waals surface area contributed by atoms with Gasteiger partial charge in [0.1, 0.15) is 0 Å². The van der Waals surface area contributed by atoms with Gasteiger partial charge in [-0.05, 0) is 36.8 Å². The first-order valence-electron chi connectivity index (χ1n) is 8.38. The predicted octanol–water partition coefficient (Wildman–Crippen LogP) is 4.34. The topological polar surface area (TPSA) is 80.9 Å². The van der Waals surface area contributed by atoms with Crippen molar-refractivity contribution < 1.29 is 9.32 Å². The number of aryl methyl sites for hydroxylation is 1. The third-order valence-electron chi connectivity index (χ3n) is 3.92. The van der Waals surface area contributed by atoms with Gasteiger partial charge in [0.25, 0.3) is 11.8 Å². The van der Waals surface area contributed by atoms with Crippen molar-refractivity contribution in [2.75, 3.05) is 5.32 Å². The van der Waals surface area contributed by atoms with Crippen LogP contribution in [0.2, 0.25) is 0 Å². The van der Waals surface area contributed by atoms with Gasteiger partial charge < -0.3 is 4.52 Å². The van der Waals surface area contributed by atoms with Crippen LogP contribution in [0.15, 0.2) is 65.3 Å². The summed E-state index contributed by atoms with van der Waals surface area (Å²) in [6, 6.07) is 17.2. The molecule has 4 rings (SSSR count). The Balaban J connectivity index is 1.42. The number of amides is 1. The molecule has 134 valence electrons. The molecule has 6 nitrogen and oxygen atoms in total. The molecule has 0 atom stereocenters. The number of hydrogen-bond donors (Lipinski definition) is 1.